The lowest BCUT2D eigenvalue weighted by Crippen LogP contribution is -2.53. The van der Waals surface area contributed by atoms with Crippen molar-refractivity contribution in [2.24, 2.45) is 0 Å². The van der Waals surface area contributed by atoms with Crippen molar-refractivity contribution in [1.29, 1.82) is 0 Å². The fourth-order valence-electron chi connectivity index (χ4n) is 3.42. The summed E-state index contributed by atoms with van der Waals surface area (Å²) in [5.41, 5.74) is 0.327. The summed E-state index contributed by atoms with van der Waals surface area (Å²) in [6, 6.07) is 8.64. The van der Waals surface area contributed by atoms with E-state index in [1.165, 1.54) is 4.90 Å². The molecule has 0 bridgehead atoms. The number of rotatable bonds is 2. The normalized spacial score (nSPS) is 19.3. The Hall–Kier alpha value is -2.57. The first-order valence-electron chi connectivity index (χ1n) is 9.02. The molecule has 1 aromatic rings. The van der Waals surface area contributed by atoms with Crippen LogP contribution >= 0.6 is 0 Å². The van der Waals surface area contributed by atoms with Crippen molar-refractivity contribution in [2.75, 3.05) is 24.5 Å². The highest BCUT2D eigenvalue weighted by Gasteiger charge is 2.41. The molecule has 0 aliphatic carbocycles. The van der Waals surface area contributed by atoms with E-state index in [9.17, 15) is 14.4 Å². The average molecular weight is 358 g/mol. The van der Waals surface area contributed by atoms with E-state index in [0.717, 1.165) is 0 Å². The summed E-state index contributed by atoms with van der Waals surface area (Å²) in [7, 11) is 0. The Kier molecular flexibility index (Phi) is 4.89. The standard InChI is InChI=1S/C19H26N4O3/c1-19(2,3)20-17(25)21-11-9-14(10-12-21)22-13-16(24)23(18(22)26)15-7-5-4-6-8-15/h4-8,14H,9-13H2,1-3H3,(H,20,25). The van der Waals surface area contributed by atoms with Gasteiger partial charge in [-0.1, -0.05) is 18.2 Å². The maximum atomic E-state index is 12.8. The molecule has 3 rings (SSSR count). The van der Waals surface area contributed by atoms with Crippen LogP contribution in [-0.2, 0) is 4.79 Å². The van der Waals surface area contributed by atoms with Crippen LogP contribution in [0.15, 0.2) is 30.3 Å². The van der Waals surface area contributed by atoms with Crippen molar-refractivity contribution in [3.05, 3.63) is 30.3 Å². The van der Waals surface area contributed by atoms with E-state index in [0.29, 0.717) is 31.6 Å². The SMILES string of the molecule is CC(C)(C)NC(=O)N1CCC(N2CC(=O)N(c3ccccc3)C2=O)CC1. The summed E-state index contributed by atoms with van der Waals surface area (Å²) < 4.78 is 0. The second-order valence-corrected chi connectivity index (χ2v) is 7.87. The van der Waals surface area contributed by atoms with Gasteiger partial charge in [0.15, 0.2) is 0 Å². The number of benzene rings is 1. The van der Waals surface area contributed by atoms with E-state index in [1.807, 2.05) is 39.0 Å². The van der Waals surface area contributed by atoms with E-state index in [2.05, 4.69) is 5.32 Å². The number of imide groups is 1. The lowest BCUT2D eigenvalue weighted by Gasteiger charge is -2.37. The van der Waals surface area contributed by atoms with Gasteiger partial charge >= 0.3 is 12.1 Å². The summed E-state index contributed by atoms with van der Waals surface area (Å²) in [6.07, 6.45) is 1.36. The molecule has 0 aromatic heterocycles. The Bertz CT molecular complexity index is 690. The third-order valence-corrected chi connectivity index (χ3v) is 4.68. The minimum atomic E-state index is -0.276. The number of urea groups is 2. The largest absolute Gasteiger partial charge is 0.333 e. The van der Waals surface area contributed by atoms with Crippen molar-refractivity contribution in [3.8, 4) is 0 Å². The lowest BCUT2D eigenvalue weighted by molar-refractivity contribution is -0.116. The highest BCUT2D eigenvalue weighted by atomic mass is 16.2. The van der Waals surface area contributed by atoms with Crippen molar-refractivity contribution in [3.63, 3.8) is 0 Å². The molecule has 2 fully saturated rings. The van der Waals surface area contributed by atoms with Gasteiger partial charge in [0.2, 0.25) is 0 Å². The third kappa shape index (κ3) is 3.81. The van der Waals surface area contributed by atoms with Crippen molar-refractivity contribution >= 4 is 23.7 Å². The molecule has 0 radical (unpaired) electrons. The van der Waals surface area contributed by atoms with Crippen LogP contribution in [0, 0.1) is 0 Å². The third-order valence-electron chi connectivity index (χ3n) is 4.68. The van der Waals surface area contributed by atoms with Crippen LogP contribution < -0.4 is 10.2 Å². The molecule has 0 unspecified atom stereocenters. The zero-order valence-corrected chi connectivity index (χ0v) is 15.6. The molecule has 140 valence electrons. The average Bonchev–Trinajstić information content (AvgIpc) is 2.89. The zero-order chi connectivity index (χ0) is 18.9. The summed E-state index contributed by atoms with van der Waals surface area (Å²) in [6.45, 7) is 7.11. The molecule has 2 aliphatic rings. The van der Waals surface area contributed by atoms with Crippen molar-refractivity contribution in [1.82, 2.24) is 15.1 Å². The van der Waals surface area contributed by atoms with Gasteiger partial charge in [-0.25, -0.2) is 14.5 Å². The van der Waals surface area contributed by atoms with Crippen LogP contribution in [-0.4, -0.2) is 59.0 Å². The molecule has 5 amide bonds. The molecular formula is C19H26N4O3. The van der Waals surface area contributed by atoms with Gasteiger partial charge < -0.3 is 15.1 Å². The second-order valence-electron chi connectivity index (χ2n) is 7.87. The smallest absolute Gasteiger partial charge is 0.332 e. The number of amides is 5. The van der Waals surface area contributed by atoms with E-state index in [1.54, 1.807) is 21.9 Å². The van der Waals surface area contributed by atoms with Gasteiger partial charge in [-0.3, -0.25) is 4.79 Å². The molecule has 0 saturated carbocycles. The number of nitrogens with one attached hydrogen (secondary N) is 1. The number of nitrogens with zero attached hydrogens (tertiary/aromatic N) is 3. The van der Waals surface area contributed by atoms with Gasteiger partial charge in [0.25, 0.3) is 5.91 Å². The lowest BCUT2D eigenvalue weighted by atomic mass is 10.0. The molecule has 7 nitrogen and oxygen atoms in total. The number of carbonyl (C=O) groups is 3. The quantitative estimate of drug-likeness (QED) is 0.825. The highest BCUT2D eigenvalue weighted by molar-refractivity contribution is 6.19. The first-order valence-corrected chi connectivity index (χ1v) is 9.02. The Morgan fingerprint density at radius 1 is 1.08 bits per heavy atom. The van der Waals surface area contributed by atoms with Crippen LogP contribution in [0.1, 0.15) is 33.6 Å². The van der Waals surface area contributed by atoms with Crippen LogP contribution in [0.2, 0.25) is 0 Å². The number of carbonyl (C=O) groups excluding carboxylic acids is 3. The number of hydrogen-bond acceptors (Lipinski definition) is 3. The Morgan fingerprint density at radius 3 is 2.27 bits per heavy atom. The molecule has 1 aromatic carbocycles. The van der Waals surface area contributed by atoms with Crippen LogP contribution in [0.25, 0.3) is 0 Å². The fraction of sp³-hybridized carbons (Fsp3) is 0.526. The number of hydrogen-bond donors (Lipinski definition) is 1. The topological polar surface area (TPSA) is 73.0 Å². The summed E-state index contributed by atoms with van der Waals surface area (Å²) >= 11 is 0. The van der Waals surface area contributed by atoms with E-state index < -0.39 is 0 Å². The zero-order valence-electron chi connectivity index (χ0n) is 15.6. The Morgan fingerprint density at radius 2 is 1.69 bits per heavy atom. The van der Waals surface area contributed by atoms with Gasteiger partial charge in [0.05, 0.1) is 5.69 Å². The summed E-state index contributed by atoms with van der Waals surface area (Å²) in [5.74, 6) is -0.200. The van der Waals surface area contributed by atoms with E-state index in [-0.39, 0.29) is 36.1 Å². The monoisotopic (exact) mass is 358 g/mol. The van der Waals surface area contributed by atoms with Gasteiger partial charge in [0, 0.05) is 24.7 Å². The number of piperidine rings is 1. The first-order chi connectivity index (χ1) is 12.3. The maximum absolute atomic E-state index is 12.8. The number of anilines is 1. The van der Waals surface area contributed by atoms with Gasteiger partial charge in [-0.05, 0) is 45.7 Å². The van der Waals surface area contributed by atoms with Crippen molar-refractivity contribution < 1.29 is 14.4 Å². The van der Waals surface area contributed by atoms with Crippen LogP contribution in [0.5, 0.6) is 0 Å². The molecule has 1 N–H and O–H groups in total. The maximum Gasteiger partial charge on any atom is 0.332 e. The summed E-state index contributed by atoms with van der Waals surface area (Å²) in [4.78, 5) is 42.1. The van der Waals surface area contributed by atoms with Gasteiger partial charge in [-0.2, -0.15) is 0 Å². The van der Waals surface area contributed by atoms with Crippen LogP contribution in [0.4, 0.5) is 15.3 Å². The first kappa shape index (κ1) is 18.2. The van der Waals surface area contributed by atoms with Crippen LogP contribution in [0.3, 0.4) is 0 Å². The second kappa shape index (κ2) is 6.97. The van der Waals surface area contributed by atoms with E-state index in [4.69, 9.17) is 0 Å². The number of para-hydroxylation sites is 1. The minimum absolute atomic E-state index is 0.0150. The molecule has 2 saturated heterocycles. The molecular weight excluding hydrogens is 332 g/mol. The molecule has 26 heavy (non-hydrogen) atoms. The minimum Gasteiger partial charge on any atom is -0.333 e. The predicted molar refractivity (Wildman–Crippen MR) is 98.9 cm³/mol. The summed E-state index contributed by atoms with van der Waals surface area (Å²) in [5, 5.41) is 2.96. The molecule has 2 aliphatic heterocycles. The molecule has 0 spiro atoms. The van der Waals surface area contributed by atoms with Crippen molar-refractivity contribution in [2.45, 2.75) is 45.2 Å². The molecule has 2 heterocycles. The predicted octanol–water partition coefficient (Wildman–Crippen LogP) is 2.43. The fourth-order valence-corrected chi connectivity index (χ4v) is 3.42. The highest BCUT2D eigenvalue weighted by Crippen LogP contribution is 2.26. The Balaban J connectivity index is 1.61. The van der Waals surface area contributed by atoms with E-state index >= 15 is 0 Å². The Labute approximate surface area is 153 Å². The van der Waals surface area contributed by atoms with Gasteiger partial charge in [0.1, 0.15) is 6.54 Å². The van der Waals surface area contributed by atoms with Gasteiger partial charge in [-0.15, -0.1) is 0 Å². The number of likely N-dealkylation sites (tertiary alicyclic amines) is 1. The molecule has 7 heteroatoms. The molecule has 0 atom stereocenters.